The third-order valence-corrected chi connectivity index (χ3v) is 3.01. The van der Waals surface area contributed by atoms with Crippen LogP contribution in [0.25, 0.3) is 0 Å². The van der Waals surface area contributed by atoms with E-state index in [4.69, 9.17) is 9.84 Å². The van der Waals surface area contributed by atoms with E-state index in [1.165, 1.54) is 6.08 Å². The van der Waals surface area contributed by atoms with Crippen molar-refractivity contribution in [2.45, 2.75) is 32.0 Å². The van der Waals surface area contributed by atoms with E-state index < -0.39 is 47.3 Å². The number of ether oxygens (including phenoxy) is 1. The Bertz CT molecular complexity index is 528. The summed E-state index contributed by atoms with van der Waals surface area (Å²) in [6.45, 7) is -1.17. The van der Waals surface area contributed by atoms with Crippen molar-refractivity contribution < 1.29 is 32.5 Å². The monoisotopic (exact) mass is 292 g/mol. The number of halogens is 4. The Hall–Kier alpha value is -1.60. The fraction of sp³-hybridized carbons (Fsp3) is 0.385. The molecule has 0 radical (unpaired) electrons. The quantitative estimate of drug-likeness (QED) is 0.665. The van der Waals surface area contributed by atoms with Gasteiger partial charge in [-0.05, 0) is 18.9 Å². The van der Waals surface area contributed by atoms with E-state index in [0.29, 0.717) is 19.3 Å². The van der Waals surface area contributed by atoms with E-state index in [9.17, 15) is 22.7 Å². The zero-order valence-corrected chi connectivity index (χ0v) is 10.3. The largest absolute Gasteiger partial charge is 0.456 e. The summed E-state index contributed by atoms with van der Waals surface area (Å²) in [5.74, 6) is -7.99. The first kappa shape index (κ1) is 14.8. The van der Waals surface area contributed by atoms with Crippen LogP contribution in [-0.2, 0) is 6.61 Å². The summed E-state index contributed by atoms with van der Waals surface area (Å²) in [4.78, 5) is 0. The molecular weight excluding hydrogens is 280 g/mol. The normalized spacial score (nSPS) is 18.9. The number of allylic oxidation sites excluding steroid dienone is 1. The first-order valence-electron chi connectivity index (χ1n) is 5.98. The third kappa shape index (κ3) is 2.64. The summed E-state index contributed by atoms with van der Waals surface area (Å²) in [5.41, 5.74) is -1.09. The Morgan fingerprint density at radius 1 is 1.10 bits per heavy atom. The summed E-state index contributed by atoms with van der Waals surface area (Å²) < 4.78 is 59.0. The minimum absolute atomic E-state index is 0.0390. The molecule has 110 valence electrons. The molecule has 0 fully saturated rings. The van der Waals surface area contributed by atoms with Crippen LogP contribution in [0, 0.1) is 23.3 Å². The molecule has 7 heteroatoms. The van der Waals surface area contributed by atoms with E-state index in [2.05, 4.69) is 0 Å². The Labute approximate surface area is 112 Å². The van der Waals surface area contributed by atoms with Gasteiger partial charge in [0.1, 0.15) is 5.76 Å². The van der Waals surface area contributed by atoms with E-state index in [-0.39, 0.29) is 5.76 Å². The Morgan fingerprint density at radius 3 is 2.20 bits per heavy atom. The topological polar surface area (TPSA) is 49.7 Å². The average Bonchev–Trinajstić information content (AvgIpc) is 2.42. The molecule has 1 aromatic carbocycles. The van der Waals surface area contributed by atoms with Gasteiger partial charge in [0.2, 0.25) is 17.4 Å². The maximum atomic E-state index is 13.6. The molecule has 0 aromatic heterocycles. The Morgan fingerprint density at radius 2 is 1.70 bits per heavy atom. The number of benzene rings is 1. The summed E-state index contributed by atoms with van der Waals surface area (Å²) >= 11 is 0. The molecule has 0 saturated carbocycles. The molecule has 2 N–H and O–H groups in total. The SMILES string of the molecule is OCc1c(F)c(F)c(OC2=CC(O)CCC2)c(F)c1F. The van der Waals surface area contributed by atoms with Gasteiger partial charge in [0.05, 0.1) is 18.3 Å². The lowest BCUT2D eigenvalue weighted by Gasteiger charge is -2.19. The fourth-order valence-electron chi connectivity index (χ4n) is 1.97. The average molecular weight is 292 g/mol. The van der Waals surface area contributed by atoms with Crippen molar-refractivity contribution in [2.75, 3.05) is 0 Å². The lowest BCUT2D eigenvalue weighted by atomic mass is 10.0. The van der Waals surface area contributed by atoms with Gasteiger partial charge in [-0.2, -0.15) is 8.78 Å². The smallest absolute Gasteiger partial charge is 0.204 e. The van der Waals surface area contributed by atoms with Crippen LogP contribution in [0.1, 0.15) is 24.8 Å². The molecular formula is C13H12F4O3. The van der Waals surface area contributed by atoms with E-state index >= 15 is 0 Å². The highest BCUT2D eigenvalue weighted by atomic mass is 19.2. The maximum absolute atomic E-state index is 13.6. The van der Waals surface area contributed by atoms with Gasteiger partial charge in [-0.15, -0.1) is 0 Å². The lowest BCUT2D eigenvalue weighted by molar-refractivity contribution is 0.188. The predicted molar refractivity (Wildman–Crippen MR) is 60.8 cm³/mol. The molecule has 1 unspecified atom stereocenters. The van der Waals surface area contributed by atoms with Gasteiger partial charge in [0, 0.05) is 6.42 Å². The molecule has 0 heterocycles. The van der Waals surface area contributed by atoms with Gasteiger partial charge in [-0.25, -0.2) is 8.78 Å². The summed E-state index contributed by atoms with van der Waals surface area (Å²) in [6.07, 6.45) is 1.70. The summed E-state index contributed by atoms with van der Waals surface area (Å²) in [6, 6.07) is 0. The zero-order valence-electron chi connectivity index (χ0n) is 10.3. The van der Waals surface area contributed by atoms with Gasteiger partial charge in [-0.3, -0.25) is 0 Å². The first-order valence-corrected chi connectivity index (χ1v) is 5.98. The molecule has 1 aromatic rings. The molecule has 0 bridgehead atoms. The van der Waals surface area contributed by atoms with Gasteiger partial charge in [-0.1, -0.05) is 0 Å². The van der Waals surface area contributed by atoms with E-state index in [1.807, 2.05) is 0 Å². The van der Waals surface area contributed by atoms with Crippen LogP contribution >= 0.6 is 0 Å². The molecule has 1 atom stereocenters. The van der Waals surface area contributed by atoms with Crippen LogP contribution < -0.4 is 4.74 Å². The second kappa shape index (κ2) is 5.80. The number of aliphatic hydroxyl groups is 2. The molecule has 1 aliphatic carbocycles. The van der Waals surface area contributed by atoms with Crippen molar-refractivity contribution >= 4 is 0 Å². The van der Waals surface area contributed by atoms with E-state index in [0.717, 1.165) is 0 Å². The second-order valence-corrected chi connectivity index (χ2v) is 4.42. The van der Waals surface area contributed by atoms with Crippen LogP contribution in [0.3, 0.4) is 0 Å². The molecule has 0 aliphatic heterocycles. The van der Waals surface area contributed by atoms with Gasteiger partial charge in [0.25, 0.3) is 0 Å². The van der Waals surface area contributed by atoms with Crippen molar-refractivity contribution in [1.82, 2.24) is 0 Å². The summed E-state index contributed by atoms with van der Waals surface area (Å²) in [7, 11) is 0. The second-order valence-electron chi connectivity index (χ2n) is 4.42. The zero-order chi connectivity index (χ0) is 14.9. The maximum Gasteiger partial charge on any atom is 0.204 e. The van der Waals surface area contributed by atoms with Crippen LogP contribution in [0.15, 0.2) is 11.8 Å². The standard InChI is InChI=1S/C13H12F4O3/c14-9-8(5-18)10(15)12(17)13(11(9)16)20-7-3-1-2-6(19)4-7/h4,6,18-19H,1-3,5H2. The van der Waals surface area contributed by atoms with Crippen molar-refractivity contribution in [2.24, 2.45) is 0 Å². The molecule has 1 aliphatic rings. The highest BCUT2D eigenvalue weighted by molar-refractivity contribution is 5.35. The molecule has 0 amide bonds. The Balaban J connectivity index is 2.42. The van der Waals surface area contributed by atoms with Crippen molar-refractivity contribution in [3.05, 3.63) is 40.7 Å². The minimum atomic E-state index is -1.71. The van der Waals surface area contributed by atoms with Gasteiger partial charge < -0.3 is 14.9 Å². The van der Waals surface area contributed by atoms with Crippen molar-refractivity contribution in [1.29, 1.82) is 0 Å². The molecule has 2 rings (SSSR count). The van der Waals surface area contributed by atoms with Gasteiger partial charge in [0.15, 0.2) is 11.6 Å². The number of aliphatic hydroxyl groups excluding tert-OH is 2. The van der Waals surface area contributed by atoms with Crippen LogP contribution in [0.5, 0.6) is 5.75 Å². The van der Waals surface area contributed by atoms with Crippen LogP contribution in [-0.4, -0.2) is 16.3 Å². The first-order chi connectivity index (χ1) is 9.45. The predicted octanol–water partition coefficient (Wildman–Crippen LogP) is 2.54. The summed E-state index contributed by atoms with van der Waals surface area (Å²) in [5, 5.41) is 18.1. The highest BCUT2D eigenvalue weighted by Gasteiger charge is 2.27. The van der Waals surface area contributed by atoms with E-state index in [1.54, 1.807) is 0 Å². The van der Waals surface area contributed by atoms with Gasteiger partial charge >= 0.3 is 0 Å². The van der Waals surface area contributed by atoms with Crippen molar-refractivity contribution in [3.8, 4) is 5.75 Å². The Kier molecular flexibility index (Phi) is 4.29. The lowest BCUT2D eigenvalue weighted by Crippen LogP contribution is -2.14. The molecule has 3 nitrogen and oxygen atoms in total. The number of hydrogen-bond donors (Lipinski definition) is 2. The third-order valence-electron chi connectivity index (χ3n) is 3.01. The van der Waals surface area contributed by atoms with Crippen LogP contribution in [0.2, 0.25) is 0 Å². The molecule has 0 saturated heterocycles. The minimum Gasteiger partial charge on any atom is -0.456 e. The number of hydrogen-bond acceptors (Lipinski definition) is 3. The molecule has 20 heavy (non-hydrogen) atoms. The van der Waals surface area contributed by atoms with Crippen LogP contribution in [0.4, 0.5) is 17.6 Å². The number of rotatable bonds is 3. The van der Waals surface area contributed by atoms with Crippen molar-refractivity contribution in [3.63, 3.8) is 0 Å². The molecule has 0 spiro atoms. The highest BCUT2D eigenvalue weighted by Crippen LogP contribution is 2.32. The fourth-order valence-corrected chi connectivity index (χ4v) is 1.97.